The first-order valence-electron chi connectivity index (χ1n) is 20.0. The van der Waals surface area contributed by atoms with Gasteiger partial charge in [0.2, 0.25) is 0 Å². The van der Waals surface area contributed by atoms with Gasteiger partial charge in [-0.05, 0) is 109 Å². The molecule has 1 aliphatic heterocycles. The van der Waals surface area contributed by atoms with Gasteiger partial charge in [-0.25, -0.2) is 0 Å². The Kier molecular flexibility index (Phi) is 7.69. The standard InChI is InChI=1S/C55H41NO/c1-55(2)50-20-12-11-18-45(50)46-31-29-42(33-51(46)55)56(41-27-25-39(26-28-41)37-15-7-4-8-16-37)43-30-32-48-52(34-43)57-53-35-49(44-17-9-10-19-47(44)54(48)53)40-23-21-38(22-24-40)36-13-5-3-6-14-36/h3-35,48,52H,1-2H3. The molecular weight excluding hydrogens is 691 g/mol. The molecule has 11 rings (SSSR count). The van der Waals surface area contributed by atoms with Crippen molar-refractivity contribution in [2.75, 3.05) is 4.90 Å². The number of anilines is 2. The number of allylic oxidation sites excluding steroid dienone is 1. The minimum atomic E-state index is -0.139. The number of ether oxygens (including phenoxy) is 1. The lowest BCUT2D eigenvalue weighted by molar-refractivity contribution is 0.268. The summed E-state index contributed by atoms with van der Waals surface area (Å²) in [4.78, 5) is 2.41. The third-order valence-corrected chi connectivity index (χ3v) is 12.4. The summed E-state index contributed by atoms with van der Waals surface area (Å²) in [7, 11) is 0. The highest BCUT2D eigenvalue weighted by atomic mass is 16.5. The van der Waals surface area contributed by atoms with Crippen LogP contribution in [0.5, 0.6) is 5.75 Å². The van der Waals surface area contributed by atoms with Crippen LogP contribution < -0.4 is 9.64 Å². The average Bonchev–Trinajstić information content (AvgIpc) is 3.75. The average molecular weight is 732 g/mol. The van der Waals surface area contributed by atoms with E-state index in [4.69, 9.17) is 4.74 Å². The van der Waals surface area contributed by atoms with Crippen LogP contribution in [0, 0.1) is 0 Å². The molecule has 0 saturated carbocycles. The molecule has 3 aliphatic rings. The van der Waals surface area contributed by atoms with Gasteiger partial charge in [-0.15, -0.1) is 0 Å². The second-order valence-corrected chi connectivity index (χ2v) is 16.0. The van der Waals surface area contributed by atoms with E-state index in [1.54, 1.807) is 0 Å². The van der Waals surface area contributed by atoms with E-state index in [2.05, 4.69) is 219 Å². The molecule has 0 spiro atoms. The number of nitrogens with zero attached hydrogens (tertiary/aromatic N) is 1. The van der Waals surface area contributed by atoms with E-state index >= 15 is 0 Å². The Morgan fingerprint density at radius 3 is 1.75 bits per heavy atom. The van der Waals surface area contributed by atoms with Crippen LogP contribution in [0.2, 0.25) is 0 Å². The van der Waals surface area contributed by atoms with E-state index < -0.39 is 0 Å². The van der Waals surface area contributed by atoms with Gasteiger partial charge in [0.25, 0.3) is 0 Å². The molecule has 0 saturated heterocycles. The monoisotopic (exact) mass is 731 g/mol. The Morgan fingerprint density at radius 2 is 1.04 bits per heavy atom. The number of hydrogen-bond donors (Lipinski definition) is 0. The Morgan fingerprint density at radius 1 is 0.474 bits per heavy atom. The zero-order chi connectivity index (χ0) is 38.1. The second kappa shape index (κ2) is 13.1. The molecule has 8 aromatic rings. The summed E-state index contributed by atoms with van der Waals surface area (Å²) in [6, 6.07) is 66.1. The first kappa shape index (κ1) is 33.4. The van der Waals surface area contributed by atoms with Gasteiger partial charge in [0, 0.05) is 34.0 Å². The van der Waals surface area contributed by atoms with Crippen molar-refractivity contribution in [1.82, 2.24) is 0 Å². The van der Waals surface area contributed by atoms with Gasteiger partial charge in [0.1, 0.15) is 11.9 Å². The SMILES string of the molecule is CC1(C)c2ccccc2-c2ccc(N(C3=CC4Oc5cc(-c6ccc(-c7ccccc7)cc6)c6ccccc6c5C4C=C3)c3ccc(-c4ccccc4)cc3)cc21. The Balaban J connectivity index is 0.992. The highest BCUT2D eigenvalue weighted by Gasteiger charge is 2.38. The molecule has 0 aromatic heterocycles. The smallest absolute Gasteiger partial charge is 0.130 e. The molecule has 272 valence electrons. The van der Waals surface area contributed by atoms with Crippen molar-refractivity contribution in [3.63, 3.8) is 0 Å². The van der Waals surface area contributed by atoms with Crippen LogP contribution in [0.1, 0.15) is 36.5 Å². The number of rotatable bonds is 6. The minimum Gasteiger partial charge on any atom is -0.485 e. The largest absolute Gasteiger partial charge is 0.485 e. The van der Waals surface area contributed by atoms with Crippen molar-refractivity contribution in [2.24, 2.45) is 0 Å². The highest BCUT2D eigenvalue weighted by Crippen LogP contribution is 2.52. The van der Waals surface area contributed by atoms with Gasteiger partial charge in [-0.2, -0.15) is 0 Å². The van der Waals surface area contributed by atoms with Gasteiger partial charge < -0.3 is 9.64 Å². The molecule has 0 bridgehead atoms. The van der Waals surface area contributed by atoms with E-state index in [1.165, 1.54) is 72.0 Å². The Bertz CT molecular complexity index is 2880. The highest BCUT2D eigenvalue weighted by molar-refractivity contribution is 6.01. The van der Waals surface area contributed by atoms with Crippen molar-refractivity contribution in [2.45, 2.75) is 31.3 Å². The maximum absolute atomic E-state index is 7.00. The van der Waals surface area contributed by atoms with Crippen LogP contribution in [0.25, 0.3) is 55.3 Å². The summed E-state index contributed by atoms with van der Waals surface area (Å²) in [6.07, 6.45) is 6.88. The minimum absolute atomic E-state index is 0.108. The van der Waals surface area contributed by atoms with Crippen LogP contribution in [-0.2, 0) is 5.41 Å². The maximum Gasteiger partial charge on any atom is 0.130 e. The lowest BCUT2D eigenvalue weighted by atomic mass is 9.82. The van der Waals surface area contributed by atoms with Crippen molar-refractivity contribution in [3.8, 4) is 50.3 Å². The topological polar surface area (TPSA) is 12.5 Å². The Labute approximate surface area is 334 Å². The van der Waals surface area contributed by atoms with Crippen LogP contribution in [0.4, 0.5) is 11.4 Å². The summed E-state index contributed by atoms with van der Waals surface area (Å²) in [6.45, 7) is 4.70. The van der Waals surface area contributed by atoms with Crippen molar-refractivity contribution in [1.29, 1.82) is 0 Å². The number of benzene rings is 8. The lowest BCUT2D eigenvalue weighted by Crippen LogP contribution is -2.24. The summed E-state index contributed by atoms with van der Waals surface area (Å²) in [5.74, 6) is 1.07. The molecule has 0 fully saturated rings. The summed E-state index contributed by atoms with van der Waals surface area (Å²) in [5.41, 5.74) is 17.1. The zero-order valence-corrected chi connectivity index (χ0v) is 32.1. The van der Waals surface area contributed by atoms with Crippen molar-refractivity contribution < 1.29 is 4.74 Å². The van der Waals surface area contributed by atoms with Crippen LogP contribution >= 0.6 is 0 Å². The predicted octanol–water partition coefficient (Wildman–Crippen LogP) is 14.3. The van der Waals surface area contributed by atoms with Gasteiger partial charge >= 0.3 is 0 Å². The van der Waals surface area contributed by atoms with E-state index in [0.29, 0.717) is 0 Å². The summed E-state index contributed by atoms with van der Waals surface area (Å²) in [5, 5.41) is 2.50. The fourth-order valence-electron chi connectivity index (χ4n) is 9.54. The van der Waals surface area contributed by atoms with E-state index in [-0.39, 0.29) is 17.4 Å². The van der Waals surface area contributed by atoms with Crippen molar-refractivity contribution >= 4 is 22.1 Å². The first-order valence-corrected chi connectivity index (χ1v) is 20.0. The molecule has 57 heavy (non-hydrogen) atoms. The third-order valence-electron chi connectivity index (χ3n) is 12.4. The number of hydrogen-bond acceptors (Lipinski definition) is 2. The first-order chi connectivity index (χ1) is 28.0. The molecule has 2 heteroatoms. The van der Waals surface area contributed by atoms with E-state index in [0.717, 1.165) is 22.8 Å². The molecule has 2 unspecified atom stereocenters. The van der Waals surface area contributed by atoms with Crippen LogP contribution in [-0.4, -0.2) is 6.10 Å². The third kappa shape index (κ3) is 5.47. The quantitative estimate of drug-likeness (QED) is 0.169. The molecule has 2 nitrogen and oxygen atoms in total. The number of fused-ring (bicyclic) bond motifs is 8. The van der Waals surface area contributed by atoms with E-state index in [1.807, 2.05) is 0 Å². The second-order valence-electron chi connectivity index (χ2n) is 16.0. The molecule has 8 aromatic carbocycles. The molecule has 2 aliphatic carbocycles. The molecule has 0 amide bonds. The summed E-state index contributed by atoms with van der Waals surface area (Å²) >= 11 is 0. The normalized spacial score (nSPS) is 16.9. The fraction of sp³-hybridized carbons (Fsp3) is 0.0909. The van der Waals surface area contributed by atoms with Gasteiger partial charge in [0.05, 0.1) is 0 Å². The fourth-order valence-corrected chi connectivity index (χ4v) is 9.54. The van der Waals surface area contributed by atoms with Crippen LogP contribution in [0.15, 0.2) is 206 Å². The van der Waals surface area contributed by atoms with Gasteiger partial charge in [0.15, 0.2) is 0 Å². The van der Waals surface area contributed by atoms with E-state index in [9.17, 15) is 0 Å². The predicted molar refractivity (Wildman–Crippen MR) is 237 cm³/mol. The van der Waals surface area contributed by atoms with Crippen LogP contribution in [0.3, 0.4) is 0 Å². The van der Waals surface area contributed by atoms with Gasteiger partial charge in [-0.3, -0.25) is 0 Å². The lowest BCUT2D eigenvalue weighted by Gasteiger charge is -2.31. The molecular formula is C55H41NO. The molecule has 0 N–H and O–H groups in total. The molecule has 0 radical (unpaired) electrons. The molecule has 1 heterocycles. The van der Waals surface area contributed by atoms with Gasteiger partial charge in [-0.1, -0.05) is 172 Å². The maximum atomic E-state index is 7.00. The Hall–Kier alpha value is -6.90. The summed E-state index contributed by atoms with van der Waals surface area (Å²) < 4.78 is 7.00. The zero-order valence-electron chi connectivity index (χ0n) is 32.1. The molecule has 2 atom stereocenters. The van der Waals surface area contributed by atoms with Crippen molar-refractivity contribution in [3.05, 3.63) is 223 Å².